The first kappa shape index (κ1) is 15.8. The molecule has 0 spiro atoms. The Morgan fingerprint density at radius 3 is 2.62 bits per heavy atom. The van der Waals surface area contributed by atoms with E-state index in [1.807, 2.05) is 4.90 Å². The predicted octanol–water partition coefficient (Wildman–Crippen LogP) is 3.53. The lowest BCUT2D eigenvalue weighted by atomic mass is 10.1. The zero-order chi connectivity index (χ0) is 15.4. The molecule has 0 saturated heterocycles. The topological polar surface area (TPSA) is 63.5 Å². The summed E-state index contributed by atoms with van der Waals surface area (Å²) in [7, 11) is 0. The summed E-state index contributed by atoms with van der Waals surface area (Å²) in [6.07, 6.45) is 4.29. The van der Waals surface area contributed by atoms with Crippen LogP contribution in [-0.4, -0.2) is 34.2 Å². The predicted molar refractivity (Wildman–Crippen MR) is 81.8 cm³/mol. The summed E-state index contributed by atoms with van der Waals surface area (Å²) in [4.78, 5) is 24.9. The van der Waals surface area contributed by atoms with Gasteiger partial charge in [0.2, 0.25) is 0 Å². The Morgan fingerprint density at radius 1 is 1.43 bits per heavy atom. The molecule has 1 aromatic carbocycles. The van der Waals surface area contributed by atoms with E-state index >= 15 is 0 Å². The number of hydrogen-bond donors (Lipinski definition) is 0. The average molecular weight is 311 g/mol. The van der Waals surface area contributed by atoms with Crippen molar-refractivity contribution in [2.45, 2.75) is 38.6 Å². The monoisotopic (exact) mass is 310 g/mol. The van der Waals surface area contributed by atoms with Crippen LogP contribution in [0.15, 0.2) is 18.2 Å². The van der Waals surface area contributed by atoms with Crippen LogP contribution in [0.1, 0.15) is 41.6 Å². The first-order valence-electron chi connectivity index (χ1n) is 7.16. The molecule has 1 aromatic rings. The number of halogens is 1. The van der Waals surface area contributed by atoms with Crippen molar-refractivity contribution in [2.75, 3.05) is 12.4 Å². The van der Waals surface area contributed by atoms with Crippen LogP contribution in [0.25, 0.3) is 0 Å². The molecule has 0 unspecified atom stereocenters. The van der Waals surface area contributed by atoms with Crippen molar-refractivity contribution in [3.63, 3.8) is 0 Å². The molecule has 114 valence electrons. The van der Waals surface area contributed by atoms with Gasteiger partial charge in [0.25, 0.3) is 11.6 Å². The molecule has 0 aliphatic heterocycles. The minimum absolute atomic E-state index is 0.0382. The number of carbonyl (C=O) groups is 1. The zero-order valence-corrected chi connectivity index (χ0v) is 12.8. The third-order valence-electron chi connectivity index (χ3n) is 3.99. The van der Waals surface area contributed by atoms with Crippen molar-refractivity contribution in [2.24, 2.45) is 0 Å². The Hall–Kier alpha value is -1.62. The van der Waals surface area contributed by atoms with E-state index in [0.29, 0.717) is 23.6 Å². The minimum Gasteiger partial charge on any atom is -0.334 e. The molecular formula is C15H19ClN2O3. The van der Waals surface area contributed by atoms with Gasteiger partial charge in [-0.15, -0.1) is 11.6 Å². The van der Waals surface area contributed by atoms with E-state index in [4.69, 9.17) is 11.6 Å². The Morgan fingerprint density at radius 2 is 2.10 bits per heavy atom. The minimum atomic E-state index is -0.433. The van der Waals surface area contributed by atoms with Crippen molar-refractivity contribution < 1.29 is 9.72 Å². The number of carbonyl (C=O) groups excluding carboxylic acids is 1. The first-order valence-corrected chi connectivity index (χ1v) is 7.70. The fraction of sp³-hybridized carbons (Fsp3) is 0.533. The lowest BCUT2D eigenvalue weighted by molar-refractivity contribution is -0.385. The molecule has 5 nitrogen and oxygen atoms in total. The molecule has 2 rings (SSSR count). The van der Waals surface area contributed by atoms with Crippen LogP contribution in [0.5, 0.6) is 0 Å². The van der Waals surface area contributed by atoms with Crippen LogP contribution in [-0.2, 0) is 0 Å². The Kier molecular flexibility index (Phi) is 5.17. The molecule has 0 heterocycles. The Labute approximate surface area is 129 Å². The maximum Gasteiger partial charge on any atom is 0.272 e. The highest BCUT2D eigenvalue weighted by Gasteiger charge is 2.27. The van der Waals surface area contributed by atoms with Gasteiger partial charge < -0.3 is 4.90 Å². The number of nitrogens with zero attached hydrogens (tertiary/aromatic N) is 2. The van der Waals surface area contributed by atoms with Crippen molar-refractivity contribution >= 4 is 23.2 Å². The smallest absolute Gasteiger partial charge is 0.272 e. The number of amides is 1. The Bertz CT molecular complexity index is 542. The molecule has 1 fully saturated rings. The van der Waals surface area contributed by atoms with Gasteiger partial charge in [0.1, 0.15) is 0 Å². The van der Waals surface area contributed by atoms with Crippen LogP contribution in [0.4, 0.5) is 5.69 Å². The lowest BCUT2D eigenvalue weighted by Gasteiger charge is -2.28. The van der Waals surface area contributed by atoms with Crippen LogP contribution in [0, 0.1) is 17.0 Å². The molecule has 0 N–H and O–H groups in total. The highest BCUT2D eigenvalue weighted by Crippen LogP contribution is 2.26. The number of alkyl halides is 1. The second-order valence-corrected chi connectivity index (χ2v) is 5.76. The molecule has 1 amide bonds. The van der Waals surface area contributed by atoms with E-state index in [9.17, 15) is 14.9 Å². The van der Waals surface area contributed by atoms with E-state index in [1.165, 1.54) is 12.1 Å². The van der Waals surface area contributed by atoms with Crippen molar-refractivity contribution in [3.8, 4) is 0 Å². The standard InChI is InChI=1S/C15H19ClN2O3/c1-11-10-12(6-7-14(11)18(20)21)15(19)17(9-8-16)13-4-2-3-5-13/h6-7,10,13H,2-5,8-9H2,1H3. The molecule has 6 heteroatoms. The van der Waals surface area contributed by atoms with Crippen LogP contribution < -0.4 is 0 Å². The van der Waals surface area contributed by atoms with Crippen molar-refractivity contribution in [3.05, 3.63) is 39.4 Å². The number of nitro benzene ring substituents is 1. The van der Waals surface area contributed by atoms with E-state index in [2.05, 4.69) is 0 Å². The van der Waals surface area contributed by atoms with Crippen molar-refractivity contribution in [1.82, 2.24) is 4.90 Å². The molecule has 1 aliphatic carbocycles. The van der Waals surface area contributed by atoms with Gasteiger partial charge in [-0.2, -0.15) is 0 Å². The molecule has 0 aromatic heterocycles. The number of aryl methyl sites for hydroxylation is 1. The van der Waals surface area contributed by atoms with Crippen molar-refractivity contribution in [1.29, 1.82) is 0 Å². The van der Waals surface area contributed by atoms with Gasteiger partial charge in [-0.25, -0.2) is 0 Å². The summed E-state index contributed by atoms with van der Waals surface area (Å²) < 4.78 is 0. The first-order chi connectivity index (χ1) is 10.0. The lowest BCUT2D eigenvalue weighted by Crippen LogP contribution is -2.40. The van der Waals surface area contributed by atoms with Gasteiger partial charge in [0.05, 0.1) is 4.92 Å². The van der Waals surface area contributed by atoms with E-state index in [0.717, 1.165) is 25.7 Å². The SMILES string of the molecule is Cc1cc(C(=O)N(CCCl)C2CCCC2)ccc1[N+](=O)[O-]. The fourth-order valence-corrected chi connectivity index (χ4v) is 3.10. The van der Waals surface area contributed by atoms with Gasteiger partial charge in [-0.05, 0) is 31.9 Å². The molecule has 1 saturated carbocycles. The van der Waals surface area contributed by atoms with Crippen LogP contribution in [0.3, 0.4) is 0 Å². The van der Waals surface area contributed by atoms with Gasteiger partial charge in [0, 0.05) is 35.7 Å². The summed E-state index contributed by atoms with van der Waals surface area (Å²) in [6.45, 7) is 2.16. The van der Waals surface area contributed by atoms with E-state index < -0.39 is 4.92 Å². The summed E-state index contributed by atoms with van der Waals surface area (Å²) in [5, 5.41) is 10.8. The quantitative estimate of drug-likeness (QED) is 0.475. The third kappa shape index (κ3) is 3.53. The highest BCUT2D eigenvalue weighted by atomic mass is 35.5. The molecule has 0 atom stereocenters. The summed E-state index contributed by atoms with van der Waals surface area (Å²) in [5.41, 5.74) is 1.04. The van der Waals surface area contributed by atoms with Crippen LogP contribution in [0.2, 0.25) is 0 Å². The molecule has 0 radical (unpaired) electrons. The second-order valence-electron chi connectivity index (χ2n) is 5.38. The van der Waals surface area contributed by atoms with Gasteiger partial charge in [-0.3, -0.25) is 14.9 Å². The molecular weight excluding hydrogens is 292 g/mol. The second kappa shape index (κ2) is 6.89. The molecule has 1 aliphatic rings. The van der Waals surface area contributed by atoms with Gasteiger partial charge in [-0.1, -0.05) is 12.8 Å². The van der Waals surface area contributed by atoms with Gasteiger partial charge >= 0.3 is 0 Å². The van der Waals surface area contributed by atoms with Gasteiger partial charge in [0.15, 0.2) is 0 Å². The summed E-state index contributed by atoms with van der Waals surface area (Å²) in [6, 6.07) is 4.77. The third-order valence-corrected chi connectivity index (χ3v) is 4.16. The number of rotatable bonds is 5. The summed E-state index contributed by atoms with van der Waals surface area (Å²) in [5.74, 6) is 0.314. The zero-order valence-electron chi connectivity index (χ0n) is 12.0. The number of benzene rings is 1. The highest BCUT2D eigenvalue weighted by molar-refractivity contribution is 6.18. The fourth-order valence-electron chi connectivity index (χ4n) is 2.92. The molecule has 0 bridgehead atoms. The number of nitro groups is 1. The normalized spacial score (nSPS) is 15.1. The Balaban J connectivity index is 2.23. The van der Waals surface area contributed by atoms with E-state index in [1.54, 1.807) is 13.0 Å². The van der Waals surface area contributed by atoms with E-state index in [-0.39, 0.29) is 17.6 Å². The van der Waals surface area contributed by atoms with Crippen LogP contribution >= 0.6 is 11.6 Å². The largest absolute Gasteiger partial charge is 0.334 e. The summed E-state index contributed by atoms with van der Waals surface area (Å²) >= 11 is 5.82. The average Bonchev–Trinajstić information content (AvgIpc) is 2.97. The maximum atomic E-state index is 12.7. The number of hydrogen-bond acceptors (Lipinski definition) is 3. The maximum absolute atomic E-state index is 12.7. The molecule has 21 heavy (non-hydrogen) atoms.